The zero-order valence-electron chi connectivity index (χ0n) is 12.4. The SMILES string of the molecule is CCn1ccnc1CN1CCC[C@@H]1Cn1cc(C)cn1. The summed E-state index contributed by atoms with van der Waals surface area (Å²) in [6.07, 6.45) is 10.6. The topological polar surface area (TPSA) is 38.9 Å². The fourth-order valence-corrected chi connectivity index (χ4v) is 3.05. The Labute approximate surface area is 120 Å². The van der Waals surface area contributed by atoms with E-state index in [1.54, 1.807) is 0 Å². The molecule has 20 heavy (non-hydrogen) atoms. The fraction of sp³-hybridized carbons (Fsp3) is 0.600. The molecule has 0 bridgehead atoms. The summed E-state index contributed by atoms with van der Waals surface area (Å²) in [7, 11) is 0. The van der Waals surface area contributed by atoms with Crippen molar-refractivity contribution in [2.75, 3.05) is 6.54 Å². The Morgan fingerprint density at radius 2 is 2.30 bits per heavy atom. The first-order valence-corrected chi connectivity index (χ1v) is 7.49. The quantitative estimate of drug-likeness (QED) is 0.837. The molecule has 1 fully saturated rings. The summed E-state index contributed by atoms with van der Waals surface area (Å²) >= 11 is 0. The predicted molar refractivity (Wildman–Crippen MR) is 78.3 cm³/mol. The van der Waals surface area contributed by atoms with E-state index in [1.165, 1.54) is 30.8 Å². The normalized spacial score (nSPS) is 19.8. The molecule has 1 aliphatic heterocycles. The lowest BCUT2D eigenvalue weighted by atomic mass is 10.2. The van der Waals surface area contributed by atoms with Gasteiger partial charge < -0.3 is 4.57 Å². The number of hydrogen-bond donors (Lipinski definition) is 0. The van der Waals surface area contributed by atoms with E-state index in [-0.39, 0.29) is 0 Å². The van der Waals surface area contributed by atoms with Gasteiger partial charge in [-0.2, -0.15) is 5.10 Å². The number of imidazole rings is 1. The lowest BCUT2D eigenvalue weighted by molar-refractivity contribution is 0.211. The first-order chi connectivity index (χ1) is 9.76. The van der Waals surface area contributed by atoms with Crippen molar-refractivity contribution >= 4 is 0 Å². The van der Waals surface area contributed by atoms with E-state index in [2.05, 4.69) is 50.5 Å². The summed E-state index contributed by atoms with van der Waals surface area (Å²) < 4.78 is 4.30. The molecule has 1 atom stereocenters. The molecule has 0 spiro atoms. The summed E-state index contributed by atoms with van der Waals surface area (Å²) in [6.45, 7) is 8.35. The van der Waals surface area contributed by atoms with Crippen molar-refractivity contribution < 1.29 is 0 Å². The van der Waals surface area contributed by atoms with E-state index in [0.717, 1.165) is 19.6 Å². The molecule has 0 aromatic carbocycles. The lowest BCUT2D eigenvalue weighted by Crippen LogP contribution is -2.33. The van der Waals surface area contributed by atoms with Crippen molar-refractivity contribution in [3.8, 4) is 0 Å². The van der Waals surface area contributed by atoms with Gasteiger partial charge in [0.25, 0.3) is 0 Å². The van der Waals surface area contributed by atoms with Crippen LogP contribution in [0.25, 0.3) is 0 Å². The Morgan fingerprint density at radius 1 is 1.40 bits per heavy atom. The van der Waals surface area contributed by atoms with Crippen LogP contribution in [0.15, 0.2) is 24.8 Å². The molecule has 3 heterocycles. The molecule has 5 heteroatoms. The zero-order valence-corrected chi connectivity index (χ0v) is 12.4. The van der Waals surface area contributed by atoms with Crippen LogP contribution in [0.4, 0.5) is 0 Å². The van der Waals surface area contributed by atoms with E-state index in [4.69, 9.17) is 0 Å². The number of aromatic nitrogens is 4. The van der Waals surface area contributed by atoms with E-state index in [1.807, 2.05) is 12.4 Å². The van der Waals surface area contributed by atoms with Crippen molar-refractivity contribution in [1.29, 1.82) is 0 Å². The molecule has 0 N–H and O–H groups in total. The van der Waals surface area contributed by atoms with Gasteiger partial charge in [0.15, 0.2) is 0 Å². The molecule has 0 saturated carbocycles. The van der Waals surface area contributed by atoms with Gasteiger partial charge in [0.05, 0.1) is 19.3 Å². The van der Waals surface area contributed by atoms with Crippen LogP contribution in [0.3, 0.4) is 0 Å². The molecule has 0 amide bonds. The second-order valence-electron chi connectivity index (χ2n) is 5.64. The Hall–Kier alpha value is -1.62. The number of rotatable bonds is 5. The number of nitrogens with zero attached hydrogens (tertiary/aromatic N) is 5. The number of aryl methyl sites for hydroxylation is 2. The lowest BCUT2D eigenvalue weighted by Gasteiger charge is -2.24. The highest BCUT2D eigenvalue weighted by atomic mass is 15.3. The molecule has 2 aromatic rings. The van der Waals surface area contributed by atoms with Crippen LogP contribution in [0.5, 0.6) is 0 Å². The monoisotopic (exact) mass is 273 g/mol. The highest BCUT2D eigenvalue weighted by Gasteiger charge is 2.26. The van der Waals surface area contributed by atoms with E-state index in [0.29, 0.717) is 6.04 Å². The Balaban J connectivity index is 1.66. The highest BCUT2D eigenvalue weighted by Crippen LogP contribution is 2.21. The standard InChI is InChI=1S/C15H23N5/c1-3-18-8-6-16-15(18)12-19-7-4-5-14(19)11-20-10-13(2)9-17-20/h6,8-10,14H,3-5,7,11-12H2,1-2H3/t14-/m1/s1. The average Bonchev–Trinajstić information content (AvgIpc) is 3.14. The van der Waals surface area contributed by atoms with E-state index in [9.17, 15) is 0 Å². The van der Waals surface area contributed by atoms with Gasteiger partial charge in [0.2, 0.25) is 0 Å². The van der Waals surface area contributed by atoms with Crippen molar-refractivity contribution in [2.24, 2.45) is 0 Å². The molecule has 0 radical (unpaired) electrons. The minimum absolute atomic E-state index is 0.580. The molecule has 108 valence electrons. The minimum atomic E-state index is 0.580. The second kappa shape index (κ2) is 5.79. The maximum absolute atomic E-state index is 4.49. The van der Waals surface area contributed by atoms with Crippen molar-refractivity contribution in [3.63, 3.8) is 0 Å². The van der Waals surface area contributed by atoms with Crippen LogP contribution in [0, 0.1) is 6.92 Å². The Kier molecular flexibility index (Phi) is 3.87. The fourth-order valence-electron chi connectivity index (χ4n) is 3.05. The molecular weight excluding hydrogens is 250 g/mol. The summed E-state index contributed by atoms with van der Waals surface area (Å²) in [5.41, 5.74) is 1.23. The molecule has 0 unspecified atom stereocenters. The summed E-state index contributed by atoms with van der Waals surface area (Å²) in [5, 5.41) is 4.41. The minimum Gasteiger partial charge on any atom is -0.334 e. The molecule has 3 rings (SSSR count). The molecule has 1 aliphatic rings. The summed E-state index contributed by atoms with van der Waals surface area (Å²) in [4.78, 5) is 7.04. The highest BCUT2D eigenvalue weighted by molar-refractivity contribution is 5.00. The van der Waals surface area contributed by atoms with Gasteiger partial charge in [-0.1, -0.05) is 0 Å². The van der Waals surface area contributed by atoms with Crippen LogP contribution in [-0.4, -0.2) is 36.8 Å². The van der Waals surface area contributed by atoms with E-state index < -0.39 is 0 Å². The van der Waals surface area contributed by atoms with E-state index >= 15 is 0 Å². The van der Waals surface area contributed by atoms with Crippen LogP contribution in [0.2, 0.25) is 0 Å². The van der Waals surface area contributed by atoms with Crippen LogP contribution < -0.4 is 0 Å². The Bertz CT molecular complexity index is 556. The molecular formula is C15H23N5. The van der Waals surface area contributed by atoms with Gasteiger partial charge in [0.1, 0.15) is 5.82 Å². The number of hydrogen-bond acceptors (Lipinski definition) is 3. The average molecular weight is 273 g/mol. The van der Waals surface area contributed by atoms with Gasteiger partial charge >= 0.3 is 0 Å². The first-order valence-electron chi connectivity index (χ1n) is 7.49. The first kappa shape index (κ1) is 13.4. The molecule has 5 nitrogen and oxygen atoms in total. The van der Waals surface area contributed by atoms with Gasteiger partial charge in [-0.15, -0.1) is 0 Å². The van der Waals surface area contributed by atoms with Gasteiger partial charge in [-0.25, -0.2) is 4.98 Å². The van der Waals surface area contributed by atoms with Crippen molar-refractivity contribution in [3.05, 3.63) is 36.2 Å². The second-order valence-corrected chi connectivity index (χ2v) is 5.64. The third-order valence-electron chi connectivity index (χ3n) is 4.15. The van der Waals surface area contributed by atoms with Gasteiger partial charge in [0, 0.05) is 31.2 Å². The maximum Gasteiger partial charge on any atom is 0.122 e. The van der Waals surface area contributed by atoms with Crippen LogP contribution in [-0.2, 0) is 19.6 Å². The van der Waals surface area contributed by atoms with Crippen molar-refractivity contribution in [1.82, 2.24) is 24.2 Å². The third-order valence-corrected chi connectivity index (χ3v) is 4.15. The maximum atomic E-state index is 4.49. The van der Waals surface area contributed by atoms with Gasteiger partial charge in [-0.05, 0) is 38.8 Å². The smallest absolute Gasteiger partial charge is 0.122 e. The predicted octanol–water partition coefficient (Wildman–Crippen LogP) is 2.07. The van der Waals surface area contributed by atoms with Crippen molar-refractivity contribution in [2.45, 2.75) is 52.4 Å². The zero-order chi connectivity index (χ0) is 13.9. The molecule has 2 aromatic heterocycles. The van der Waals surface area contributed by atoms with Crippen LogP contribution in [0.1, 0.15) is 31.2 Å². The molecule has 1 saturated heterocycles. The summed E-state index contributed by atoms with van der Waals surface area (Å²) in [6, 6.07) is 0.580. The number of likely N-dealkylation sites (tertiary alicyclic amines) is 1. The Morgan fingerprint density at radius 3 is 3.05 bits per heavy atom. The summed E-state index contributed by atoms with van der Waals surface area (Å²) in [5.74, 6) is 1.18. The largest absolute Gasteiger partial charge is 0.334 e. The third kappa shape index (κ3) is 2.77. The molecule has 0 aliphatic carbocycles. The van der Waals surface area contributed by atoms with Gasteiger partial charge in [-0.3, -0.25) is 9.58 Å². The van der Waals surface area contributed by atoms with Crippen LogP contribution >= 0.6 is 0 Å².